The second kappa shape index (κ2) is 7.38. The van der Waals surface area contributed by atoms with Crippen molar-refractivity contribution in [3.8, 4) is 0 Å². The predicted molar refractivity (Wildman–Crippen MR) is 72.2 cm³/mol. The van der Waals surface area contributed by atoms with E-state index in [1.807, 2.05) is 0 Å². The van der Waals surface area contributed by atoms with Gasteiger partial charge in [-0.05, 0) is 44.9 Å². The van der Waals surface area contributed by atoms with Crippen molar-refractivity contribution in [3.63, 3.8) is 0 Å². The second-order valence-electron chi connectivity index (χ2n) is 5.94. The lowest BCUT2D eigenvalue weighted by Gasteiger charge is -2.28. The van der Waals surface area contributed by atoms with Gasteiger partial charge in [-0.1, -0.05) is 25.7 Å². The monoisotopic (exact) mass is 239 g/mol. The average Bonchev–Trinajstić information content (AvgIpc) is 2.66. The van der Waals surface area contributed by atoms with Gasteiger partial charge in [0, 0.05) is 19.2 Å². The van der Waals surface area contributed by atoms with Gasteiger partial charge in [-0.25, -0.2) is 0 Å². The lowest BCUT2D eigenvalue weighted by atomic mass is 9.93. The molecule has 2 nitrogen and oxygen atoms in total. The molecule has 1 N–H and O–H groups in total. The summed E-state index contributed by atoms with van der Waals surface area (Å²) in [5.41, 5.74) is 0. The molecule has 0 aromatic heterocycles. The second-order valence-corrected chi connectivity index (χ2v) is 5.94. The number of hydrogen-bond acceptors (Lipinski definition) is 2. The van der Waals surface area contributed by atoms with Gasteiger partial charge >= 0.3 is 0 Å². The Labute approximate surface area is 107 Å². The maximum absolute atomic E-state index is 5.78. The molecule has 2 fully saturated rings. The highest BCUT2D eigenvalue weighted by Gasteiger charge is 2.20. The van der Waals surface area contributed by atoms with Crippen molar-refractivity contribution in [2.24, 2.45) is 5.92 Å². The van der Waals surface area contributed by atoms with Gasteiger partial charge in [-0.15, -0.1) is 0 Å². The van der Waals surface area contributed by atoms with Crippen molar-refractivity contribution in [3.05, 3.63) is 0 Å². The first-order chi connectivity index (χ1) is 8.36. The average molecular weight is 239 g/mol. The highest BCUT2D eigenvalue weighted by Crippen LogP contribution is 2.25. The minimum Gasteiger partial charge on any atom is -0.377 e. The molecule has 1 aliphatic heterocycles. The summed E-state index contributed by atoms with van der Waals surface area (Å²) in [6.07, 6.45) is 13.0. The van der Waals surface area contributed by atoms with E-state index in [0.717, 1.165) is 19.1 Å². The maximum atomic E-state index is 5.78. The molecule has 1 unspecified atom stereocenters. The Morgan fingerprint density at radius 1 is 1.00 bits per heavy atom. The van der Waals surface area contributed by atoms with Gasteiger partial charge < -0.3 is 10.1 Å². The van der Waals surface area contributed by atoms with Crippen molar-refractivity contribution in [1.29, 1.82) is 0 Å². The van der Waals surface area contributed by atoms with Crippen molar-refractivity contribution < 1.29 is 4.74 Å². The van der Waals surface area contributed by atoms with Crippen LogP contribution in [0.4, 0.5) is 0 Å². The van der Waals surface area contributed by atoms with Crippen LogP contribution in [0.25, 0.3) is 0 Å². The van der Waals surface area contributed by atoms with Crippen LogP contribution in [0, 0.1) is 5.92 Å². The maximum Gasteiger partial charge on any atom is 0.0699 e. The van der Waals surface area contributed by atoms with E-state index in [9.17, 15) is 0 Å². The molecule has 17 heavy (non-hydrogen) atoms. The Morgan fingerprint density at radius 3 is 2.35 bits per heavy atom. The van der Waals surface area contributed by atoms with E-state index < -0.39 is 0 Å². The third kappa shape index (κ3) is 4.59. The van der Waals surface area contributed by atoms with Crippen LogP contribution in [-0.2, 0) is 4.74 Å². The molecule has 0 bridgehead atoms. The van der Waals surface area contributed by atoms with E-state index in [4.69, 9.17) is 4.74 Å². The highest BCUT2D eigenvalue weighted by molar-refractivity contribution is 4.77. The molecule has 1 heterocycles. The zero-order valence-electron chi connectivity index (χ0n) is 11.4. The Balaban J connectivity index is 1.66. The first-order valence-corrected chi connectivity index (χ1v) is 7.71. The molecule has 0 amide bonds. The van der Waals surface area contributed by atoms with Gasteiger partial charge in [0.05, 0.1) is 6.10 Å². The molecule has 100 valence electrons. The highest BCUT2D eigenvalue weighted by atomic mass is 16.5. The van der Waals surface area contributed by atoms with E-state index >= 15 is 0 Å². The molecule has 1 saturated heterocycles. The normalized spacial score (nSPS) is 29.8. The van der Waals surface area contributed by atoms with Crippen LogP contribution < -0.4 is 5.32 Å². The van der Waals surface area contributed by atoms with Crippen molar-refractivity contribution in [1.82, 2.24) is 5.32 Å². The van der Waals surface area contributed by atoms with Crippen LogP contribution in [0.15, 0.2) is 0 Å². The van der Waals surface area contributed by atoms with E-state index in [1.54, 1.807) is 0 Å². The van der Waals surface area contributed by atoms with Crippen LogP contribution in [0.5, 0.6) is 0 Å². The van der Waals surface area contributed by atoms with Gasteiger partial charge in [0.2, 0.25) is 0 Å². The smallest absolute Gasteiger partial charge is 0.0699 e. The van der Waals surface area contributed by atoms with E-state index in [0.29, 0.717) is 12.1 Å². The van der Waals surface area contributed by atoms with Crippen LogP contribution >= 0.6 is 0 Å². The minimum atomic E-state index is 0.483. The summed E-state index contributed by atoms with van der Waals surface area (Å²) in [5, 5.41) is 3.72. The van der Waals surface area contributed by atoms with Gasteiger partial charge in [-0.2, -0.15) is 0 Å². The van der Waals surface area contributed by atoms with Crippen molar-refractivity contribution >= 4 is 0 Å². The molecule has 0 aromatic carbocycles. The Morgan fingerprint density at radius 2 is 1.71 bits per heavy atom. The van der Waals surface area contributed by atoms with Crippen LogP contribution in [0.3, 0.4) is 0 Å². The fourth-order valence-electron chi connectivity index (χ4n) is 3.26. The first-order valence-electron chi connectivity index (χ1n) is 7.71. The fraction of sp³-hybridized carbons (Fsp3) is 1.00. The quantitative estimate of drug-likeness (QED) is 0.758. The number of nitrogens with one attached hydrogen (secondary N) is 1. The van der Waals surface area contributed by atoms with E-state index in [1.165, 1.54) is 57.8 Å². The van der Waals surface area contributed by atoms with Crippen LogP contribution in [-0.4, -0.2) is 25.3 Å². The molecule has 0 spiro atoms. The largest absolute Gasteiger partial charge is 0.377 e. The number of ether oxygens (including phenoxy) is 1. The molecular weight excluding hydrogens is 210 g/mol. The Bertz CT molecular complexity index is 193. The molecule has 0 aromatic rings. The van der Waals surface area contributed by atoms with Gasteiger partial charge in [0.1, 0.15) is 0 Å². The van der Waals surface area contributed by atoms with Gasteiger partial charge in [0.25, 0.3) is 0 Å². The predicted octanol–water partition coefficient (Wildman–Crippen LogP) is 3.50. The minimum absolute atomic E-state index is 0.483. The van der Waals surface area contributed by atoms with Crippen molar-refractivity contribution in [2.45, 2.75) is 76.9 Å². The lowest BCUT2D eigenvalue weighted by molar-refractivity contribution is 0.0144. The molecule has 2 atom stereocenters. The zero-order valence-corrected chi connectivity index (χ0v) is 11.4. The Kier molecular flexibility index (Phi) is 5.79. The summed E-state index contributed by atoms with van der Waals surface area (Å²) >= 11 is 0. The third-order valence-corrected chi connectivity index (χ3v) is 4.55. The van der Waals surface area contributed by atoms with Gasteiger partial charge in [0.15, 0.2) is 0 Å². The Hall–Kier alpha value is -0.0800. The standard InChI is InChI=1S/C15H29NO/c1-13(14-8-4-2-3-5-9-14)16-12-15-10-6-7-11-17-15/h13-16H,2-12H2,1H3/t13-,15?/m0/s1. The van der Waals surface area contributed by atoms with Crippen molar-refractivity contribution in [2.75, 3.05) is 13.2 Å². The van der Waals surface area contributed by atoms with Crippen LogP contribution in [0.1, 0.15) is 64.7 Å². The molecule has 1 aliphatic carbocycles. The summed E-state index contributed by atoms with van der Waals surface area (Å²) in [7, 11) is 0. The SMILES string of the molecule is C[C@H](NCC1CCCCO1)C1CCCCCC1. The van der Waals surface area contributed by atoms with E-state index in [2.05, 4.69) is 12.2 Å². The third-order valence-electron chi connectivity index (χ3n) is 4.55. The number of hydrogen-bond donors (Lipinski definition) is 1. The molecular formula is C15H29NO. The number of rotatable bonds is 4. The summed E-state index contributed by atoms with van der Waals surface area (Å²) in [6, 6.07) is 0.679. The van der Waals surface area contributed by atoms with Crippen LogP contribution in [0.2, 0.25) is 0 Å². The molecule has 2 aliphatic rings. The summed E-state index contributed by atoms with van der Waals surface area (Å²) in [4.78, 5) is 0. The first kappa shape index (κ1) is 13.4. The zero-order chi connectivity index (χ0) is 11.9. The van der Waals surface area contributed by atoms with Gasteiger partial charge in [-0.3, -0.25) is 0 Å². The summed E-state index contributed by atoms with van der Waals surface area (Å²) in [6.45, 7) is 4.42. The molecule has 2 rings (SSSR count). The summed E-state index contributed by atoms with van der Waals surface area (Å²) in [5.74, 6) is 0.904. The van der Waals surface area contributed by atoms with E-state index in [-0.39, 0.29) is 0 Å². The molecule has 1 saturated carbocycles. The lowest BCUT2D eigenvalue weighted by Crippen LogP contribution is -2.40. The summed E-state index contributed by atoms with van der Waals surface area (Å²) < 4.78 is 5.78. The molecule has 0 radical (unpaired) electrons. The fourth-order valence-corrected chi connectivity index (χ4v) is 3.26. The molecule has 2 heteroatoms. The topological polar surface area (TPSA) is 21.3 Å².